The van der Waals surface area contributed by atoms with Crippen LogP contribution >= 0.6 is 11.8 Å². The van der Waals surface area contributed by atoms with E-state index in [9.17, 15) is 5.11 Å². The average molecular weight is 264 g/mol. The fraction of sp³-hybridized carbons (Fsp3) is 0.308. The van der Waals surface area contributed by atoms with Crippen LogP contribution in [-0.2, 0) is 5.75 Å². The Bertz CT molecular complexity index is 456. The van der Waals surface area contributed by atoms with Gasteiger partial charge in [0.2, 0.25) is 0 Å². The lowest BCUT2D eigenvalue weighted by molar-refractivity contribution is 0.113. The van der Waals surface area contributed by atoms with E-state index in [0.29, 0.717) is 5.75 Å². The molecule has 0 aliphatic rings. The molecule has 2 rings (SSSR count). The zero-order chi connectivity index (χ0) is 12.8. The molecule has 4 nitrogen and oxygen atoms in total. The topological polar surface area (TPSA) is 58.3 Å². The van der Waals surface area contributed by atoms with Gasteiger partial charge in [0.1, 0.15) is 0 Å². The number of thioether (sulfide) groups is 1. The van der Waals surface area contributed by atoms with Gasteiger partial charge in [-0.15, -0.1) is 0 Å². The molecule has 96 valence electrons. The second-order valence-corrected chi connectivity index (χ2v) is 5.02. The number of benzene rings is 1. The standard InChI is InChI=1S/C13H16N2O2S/c16-7-13(17)9-18-8-11-1-3-12(4-2-11)15-6-5-14-10-15/h1-6,10,13,16-17H,7-9H2. The Morgan fingerprint density at radius 1 is 1.28 bits per heavy atom. The molecule has 5 heteroatoms. The second-order valence-electron chi connectivity index (χ2n) is 3.99. The van der Waals surface area contributed by atoms with Gasteiger partial charge in [0.05, 0.1) is 19.0 Å². The van der Waals surface area contributed by atoms with Gasteiger partial charge in [-0.2, -0.15) is 11.8 Å². The Morgan fingerprint density at radius 3 is 2.67 bits per heavy atom. The van der Waals surface area contributed by atoms with Crippen molar-refractivity contribution >= 4 is 11.8 Å². The van der Waals surface area contributed by atoms with Crippen molar-refractivity contribution < 1.29 is 10.2 Å². The van der Waals surface area contributed by atoms with Crippen molar-refractivity contribution in [2.24, 2.45) is 0 Å². The molecule has 0 aliphatic heterocycles. The van der Waals surface area contributed by atoms with E-state index in [2.05, 4.69) is 17.1 Å². The average Bonchev–Trinajstić information content (AvgIpc) is 2.93. The van der Waals surface area contributed by atoms with Crippen molar-refractivity contribution in [1.82, 2.24) is 9.55 Å². The fourth-order valence-electron chi connectivity index (χ4n) is 1.54. The molecular weight excluding hydrogens is 248 g/mol. The lowest BCUT2D eigenvalue weighted by Crippen LogP contribution is -2.14. The highest BCUT2D eigenvalue weighted by molar-refractivity contribution is 7.98. The molecule has 2 aromatic rings. The Labute approximate surface area is 110 Å². The van der Waals surface area contributed by atoms with Gasteiger partial charge in [-0.1, -0.05) is 12.1 Å². The van der Waals surface area contributed by atoms with E-state index in [1.54, 1.807) is 24.3 Å². The fourth-order valence-corrected chi connectivity index (χ4v) is 2.47. The van der Waals surface area contributed by atoms with E-state index in [1.165, 1.54) is 5.56 Å². The molecule has 1 aromatic heterocycles. The molecule has 18 heavy (non-hydrogen) atoms. The van der Waals surface area contributed by atoms with Crippen LogP contribution in [0.15, 0.2) is 43.0 Å². The predicted molar refractivity (Wildman–Crippen MR) is 72.8 cm³/mol. The number of aromatic nitrogens is 2. The summed E-state index contributed by atoms with van der Waals surface area (Å²) in [6.45, 7) is -0.174. The first kappa shape index (κ1) is 13.1. The zero-order valence-corrected chi connectivity index (χ0v) is 10.8. The van der Waals surface area contributed by atoms with Crippen molar-refractivity contribution in [2.75, 3.05) is 12.4 Å². The molecule has 0 radical (unpaired) electrons. The third kappa shape index (κ3) is 3.60. The first-order chi connectivity index (χ1) is 8.79. The highest BCUT2D eigenvalue weighted by Gasteiger charge is 2.02. The zero-order valence-electron chi connectivity index (χ0n) is 9.94. The normalized spacial score (nSPS) is 12.6. The lowest BCUT2D eigenvalue weighted by atomic mass is 10.2. The molecule has 0 spiro atoms. The SMILES string of the molecule is OCC(O)CSCc1ccc(-n2ccnc2)cc1. The summed E-state index contributed by atoms with van der Waals surface area (Å²) in [5, 5.41) is 17.9. The minimum Gasteiger partial charge on any atom is -0.394 e. The van der Waals surface area contributed by atoms with Gasteiger partial charge in [-0.05, 0) is 17.7 Å². The number of imidazole rings is 1. The van der Waals surface area contributed by atoms with E-state index in [4.69, 9.17) is 5.11 Å². The van der Waals surface area contributed by atoms with Gasteiger partial charge in [0.15, 0.2) is 0 Å². The maximum Gasteiger partial charge on any atom is 0.0991 e. The number of nitrogens with zero attached hydrogens (tertiary/aromatic N) is 2. The van der Waals surface area contributed by atoms with Gasteiger partial charge in [-0.25, -0.2) is 4.98 Å². The van der Waals surface area contributed by atoms with Gasteiger partial charge in [-0.3, -0.25) is 0 Å². The van der Waals surface area contributed by atoms with Crippen LogP contribution in [0.2, 0.25) is 0 Å². The minimum atomic E-state index is -0.625. The van der Waals surface area contributed by atoms with Gasteiger partial charge in [0.25, 0.3) is 0 Å². The minimum absolute atomic E-state index is 0.174. The first-order valence-electron chi connectivity index (χ1n) is 5.73. The maximum atomic E-state index is 9.22. The number of aliphatic hydroxyl groups is 2. The smallest absolute Gasteiger partial charge is 0.0991 e. The first-order valence-corrected chi connectivity index (χ1v) is 6.89. The molecule has 2 N–H and O–H groups in total. The van der Waals surface area contributed by atoms with Crippen molar-refractivity contribution in [2.45, 2.75) is 11.9 Å². The van der Waals surface area contributed by atoms with Crippen LogP contribution in [0.5, 0.6) is 0 Å². The largest absolute Gasteiger partial charge is 0.394 e. The van der Waals surface area contributed by atoms with E-state index in [-0.39, 0.29) is 6.61 Å². The summed E-state index contributed by atoms with van der Waals surface area (Å²) < 4.78 is 1.95. The third-order valence-electron chi connectivity index (χ3n) is 2.53. The van der Waals surface area contributed by atoms with E-state index < -0.39 is 6.10 Å². The van der Waals surface area contributed by atoms with Crippen molar-refractivity contribution in [3.05, 3.63) is 48.5 Å². The molecule has 1 unspecified atom stereocenters. The number of hydrogen-bond acceptors (Lipinski definition) is 4. The number of aliphatic hydroxyl groups excluding tert-OH is 2. The molecule has 0 fully saturated rings. The van der Waals surface area contributed by atoms with Crippen LogP contribution in [0.1, 0.15) is 5.56 Å². The lowest BCUT2D eigenvalue weighted by Gasteiger charge is -2.07. The summed E-state index contributed by atoms with van der Waals surface area (Å²) in [7, 11) is 0. The Balaban J connectivity index is 1.88. The quantitative estimate of drug-likeness (QED) is 0.829. The van der Waals surface area contributed by atoms with Gasteiger partial charge < -0.3 is 14.8 Å². The molecule has 0 amide bonds. The van der Waals surface area contributed by atoms with E-state index >= 15 is 0 Å². The Kier molecular flexibility index (Phi) is 4.81. The summed E-state index contributed by atoms with van der Waals surface area (Å²) in [4.78, 5) is 4.01. The van der Waals surface area contributed by atoms with E-state index in [1.807, 2.05) is 22.9 Å². The summed E-state index contributed by atoms with van der Waals surface area (Å²) in [5.41, 5.74) is 2.28. The highest BCUT2D eigenvalue weighted by Crippen LogP contribution is 2.15. The highest BCUT2D eigenvalue weighted by atomic mass is 32.2. The van der Waals surface area contributed by atoms with Crippen molar-refractivity contribution in [1.29, 1.82) is 0 Å². The second kappa shape index (κ2) is 6.58. The van der Waals surface area contributed by atoms with Gasteiger partial charge >= 0.3 is 0 Å². The van der Waals surface area contributed by atoms with E-state index in [0.717, 1.165) is 11.4 Å². The van der Waals surface area contributed by atoms with Crippen molar-refractivity contribution in [3.63, 3.8) is 0 Å². The molecule has 1 atom stereocenters. The molecule has 1 heterocycles. The molecular formula is C13H16N2O2S. The predicted octanol–water partition coefficient (Wildman–Crippen LogP) is 1.46. The Hall–Kier alpha value is -1.30. The molecule has 0 aliphatic carbocycles. The summed E-state index contributed by atoms with van der Waals surface area (Å²) in [5.74, 6) is 1.39. The van der Waals surface area contributed by atoms with Gasteiger partial charge in [0, 0.05) is 29.6 Å². The third-order valence-corrected chi connectivity index (χ3v) is 3.69. The monoisotopic (exact) mass is 264 g/mol. The summed E-state index contributed by atoms with van der Waals surface area (Å²) in [6.07, 6.45) is 4.79. The van der Waals surface area contributed by atoms with Crippen LogP contribution in [-0.4, -0.2) is 38.2 Å². The van der Waals surface area contributed by atoms with Crippen LogP contribution in [0.3, 0.4) is 0 Å². The van der Waals surface area contributed by atoms with Crippen LogP contribution in [0.25, 0.3) is 5.69 Å². The van der Waals surface area contributed by atoms with Crippen molar-refractivity contribution in [3.8, 4) is 5.69 Å². The summed E-state index contributed by atoms with van der Waals surface area (Å²) in [6, 6.07) is 8.21. The molecule has 0 bridgehead atoms. The summed E-state index contributed by atoms with van der Waals surface area (Å²) >= 11 is 1.61. The molecule has 1 aromatic carbocycles. The number of rotatable bonds is 6. The van der Waals surface area contributed by atoms with Crippen LogP contribution < -0.4 is 0 Å². The molecule has 0 saturated heterocycles. The Morgan fingerprint density at radius 2 is 2.06 bits per heavy atom. The maximum absolute atomic E-state index is 9.22. The van der Waals surface area contributed by atoms with Crippen LogP contribution in [0, 0.1) is 0 Å². The number of hydrogen-bond donors (Lipinski definition) is 2. The van der Waals surface area contributed by atoms with Crippen LogP contribution in [0.4, 0.5) is 0 Å². The molecule has 0 saturated carbocycles.